The Hall–Kier alpha value is -2.73. The first-order valence-electron chi connectivity index (χ1n) is 11.7. The summed E-state index contributed by atoms with van der Waals surface area (Å²) in [6.07, 6.45) is -10.2. The molecule has 0 spiro atoms. The van der Waals surface area contributed by atoms with Gasteiger partial charge in [-0.3, -0.25) is 0 Å². The van der Waals surface area contributed by atoms with Gasteiger partial charge in [-0.05, 0) is 70.4 Å². The molecule has 0 aromatic carbocycles. The predicted molar refractivity (Wildman–Crippen MR) is 115 cm³/mol. The normalized spacial score (nSPS) is 23.7. The lowest BCUT2D eigenvalue weighted by atomic mass is 9.82. The van der Waals surface area contributed by atoms with Crippen molar-refractivity contribution < 1.29 is 40.6 Å². The van der Waals surface area contributed by atoms with Gasteiger partial charge in [-0.2, -0.15) is 31.4 Å². The molecule has 1 amide bonds. The van der Waals surface area contributed by atoms with Crippen molar-refractivity contribution in [2.45, 2.75) is 71.0 Å². The van der Waals surface area contributed by atoms with Crippen LogP contribution in [0.4, 0.5) is 31.1 Å². The summed E-state index contributed by atoms with van der Waals surface area (Å²) >= 11 is 0. The van der Waals surface area contributed by atoms with Crippen molar-refractivity contribution in [3.05, 3.63) is 23.7 Å². The van der Waals surface area contributed by atoms with E-state index < -0.39 is 47.2 Å². The molecule has 1 saturated heterocycles. The summed E-state index contributed by atoms with van der Waals surface area (Å²) in [4.78, 5) is 18.3. The van der Waals surface area contributed by atoms with Crippen molar-refractivity contribution in [2.75, 3.05) is 13.1 Å². The fraction of sp³-hybridized carbons (Fsp3) is 0.696. The Balaban J connectivity index is 1.58. The predicted octanol–water partition coefficient (Wildman–Crippen LogP) is 5.51. The summed E-state index contributed by atoms with van der Waals surface area (Å²) < 4.78 is 90.7. The van der Waals surface area contributed by atoms with Gasteiger partial charge in [0, 0.05) is 19.5 Å². The van der Waals surface area contributed by atoms with Crippen molar-refractivity contribution in [1.29, 1.82) is 0 Å². The third kappa shape index (κ3) is 5.49. The highest BCUT2D eigenvalue weighted by Gasteiger charge is 2.45. The zero-order chi connectivity index (χ0) is 26.6. The lowest BCUT2D eigenvalue weighted by Gasteiger charge is -2.38. The van der Waals surface area contributed by atoms with E-state index in [9.17, 15) is 31.1 Å². The third-order valence-corrected chi connectivity index (χ3v) is 6.65. The van der Waals surface area contributed by atoms with Crippen molar-refractivity contribution in [3.8, 4) is 5.75 Å². The van der Waals surface area contributed by atoms with Crippen LogP contribution in [0, 0.1) is 17.8 Å². The Labute approximate surface area is 203 Å². The number of alkyl halides is 6. The second kappa shape index (κ2) is 8.98. The van der Waals surface area contributed by atoms with Crippen LogP contribution >= 0.6 is 0 Å². The van der Waals surface area contributed by atoms with Gasteiger partial charge in [0.15, 0.2) is 23.3 Å². The minimum Gasteiger partial charge on any atom is -0.477 e. The van der Waals surface area contributed by atoms with Crippen LogP contribution in [-0.2, 0) is 17.3 Å². The number of rotatable bonds is 4. The molecule has 2 aromatic rings. The van der Waals surface area contributed by atoms with Gasteiger partial charge in [0.1, 0.15) is 11.3 Å². The lowest BCUT2D eigenvalue weighted by Crippen LogP contribution is -2.47. The maximum Gasteiger partial charge on any atom is 0.433 e. The summed E-state index contributed by atoms with van der Waals surface area (Å²) in [7, 11) is 0. The van der Waals surface area contributed by atoms with Gasteiger partial charge in [-0.25, -0.2) is 14.3 Å². The Morgan fingerprint density at radius 2 is 1.69 bits per heavy atom. The number of aromatic nitrogens is 3. The van der Waals surface area contributed by atoms with Crippen LogP contribution in [0.15, 0.2) is 12.1 Å². The number of nitrogens with zero attached hydrogens (tertiary/aromatic N) is 4. The average molecular weight is 522 g/mol. The Morgan fingerprint density at radius 3 is 2.22 bits per heavy atom. The second-order valence-electron chi connectivity index (χ2n) is 10.5. The van der Waals surface area contributed by atoms with E-state index in [2.05, 4.69) is 10.1 Å². The molecule has 7 nitrogen and oxygen atoms in total. The molecule has 200 valence electrons. The molecule has 1 aliphatic carbocycles. The summed E-state index contributed by atoms with van der Waals surface area (Å²) in [5.41, 5.74) is -2.21. The number of carbonyl (C=O) groups is 1. The molecule has 1 saturated carbocycles. The van der Waals surface area contributed by atoms with Crippen molar-refractivity contribution >= 4 is 11.7 Å². The zero-order valence-corrected chi connectivity index (χ0v) is 20.3. The minimum atomic E-state index is -4.80. The van der Waals surface area contributed by atoms with E-state index in [4.69, 9.17) is 9.47 Å². The highest BCUT2D eigenvalue weighted by molar-refractivity contribution is 5.68. The molecule has 2 bridgehead atoms. The van der Waals surface area contributed by atoms with Crippen LogP contribution in [0.1, 0.15) is 52.1 Å². The SMILES string of the molecule is CC(Oc1ccc(C(F)(F)F)n2nc(CC3[C@@H]4CC[C@H]3CN(C(=O)OC(C)(C)C)C4)nc12)C(F)(F)F. The van der Waals surface area contributed by atoms with Crippen LogP contribution in [-0.4, -0.2) is 56.6 Å². The number of carbonyl (C=O) groups excluding carboxylic acids is 1. The minimum absolute atomic E-state index is 0.0221. The Bertz CT molecular complexity index is 1110. The molecule has 2 unspecified atom stereocenters. The van der Waals surface area contributed by atoms with Gasteiger partial charge in [0.25, 0.3) is 0 Å². The quantitative estimate of drug-likeness (QED) is 0.495. The van der Waals surface area contributed by atoms with E-state index in [1.165, 1.54) is 0 Å². The number of ether oxygens (including phenoxy) is 2. The summed E-state index contributed by atoms with van der Waals surface area (Å²) in [5, 5.41) is 4.02. The van der Waals surface area contributed by atoms with E-state index >= 15 is 0 Å². The number of halogens is 6. The van der Waals surface area contributed by atoms with Gasteiger partial charge in [-0.15, -0.1) is 0 Å². The Morgan fingerprint density at radius 1 is 1.08 bits per heavy atom. The molecule has 1 aliphatic heterocycles. The topological polar surface area (TPSA) is 69.0 Å². The van der Waals surface area contributed by atoms with E-state index in [1.807, 2.05) is 0 Å². The molecule has 13 heteroatoms. The number of piperidine rings is 1. The lowest BCUT2D eigenvalue weighted by molar-refractivity contribution is -0.189. The smallest absolute Gasteiger partial charge is 0.433 e. The maximum atomic E-state index is 13.6. The average Bonchev–Trinajstić information content (AvgIpc) is 3.22. The largest absolute Gasteiger partial charge is 0.477 e. The van der Waals surface area contributed by atoms with Crippen LogP contribution in [0.5, 0.6) is 5.75 Å². The van der Waals surface area contributed by atoms with E-state index in [0.717, 1.165) is 25.8 Å². The highest BCUT2D eigenvalue weighted by atomic mass is 19.4. The first-order chi connectivity index (χ1) is 16.5. The molecule has 4 rings (SSSR count). The first kappa shape index (κ1) is 26.3. The molecular formula is C23H28F6N4O3. The second-order valence-corrected chi connectivity index (χ2v) is 10.5. The maximum absolute atomic E-state index is 13.6. The fourth-order valence-corrected chi connectivity index (χ4v) is 4.99. The van der Waals surface area contributed by atoms with E-state index in [0.29, 0.717) is 23.7 Å². The van der Waals surface area contributed by atoms with Crippen LogP contribution in [0.3, 0.4) is 0 Å². The third-order valence-electron chi connectivity index (χ3n) is 6.65. The van der Waals surface area contributed by atoms with Gasteiger partial charge >= 0.3 is 18.4 Å². The van der Waals surface area contributed by atoms with Crippen molar-refractivity contribution in [1.82, 2.24) is 19.5 Å². The van der Waals surface area contributed by atoms with Gasteiger partial charge in [-0.1, -0.05) is 0 Å². The fourth-order valence-electron chi connectivity index (χ4n) is 4.99. The molecule has 2 aliphatic rings. The molecule has 3 heterocycles. The van der Waals surface area contributed by atoms with Crippen molar-refractivity contribution in [2.24, 2.45) is 17.8 Å². The number of likely N-dealkylation sites (tertiary alicyclic amines) is 1. The molecule has 2 fully saturated rings. The molecule has 0 radical (unpaired) electrons. The molecule has 0 N–H and O–H groups in total. The number of pyridine rings is 1. The summed E-state index contributed by atoms with van der Waals surface area (Å²) in [6.45, 7) is 7.02. The van der Waals surface area contributed by atoms with Crippen molar-refractivity contribution in [3.63, 3.8) is 0 Å². The first-order valence-corrected chi connectivity index (χ1v) is 11.7. The molecule has 36 heavy (non-hydrogen) atoms. The monoisotopic (exact) mass is 522 g/mol. The van der Waals surface area contributed by atoms with Crippen LogP contribution in [0.25, 0.3) is 5.65 Å². The van der Waals surface area contributed by atoms with Gasteiger partial charge in [0.05, 0.1) is 0 Å². The van der Waals surface area contributed by atoms with Gasteiger partial charge in [0.2, 0.25) is 0 Å². The Kier molecular flexibility index (Phi) is 6.57. The summed E-state index contributed by atoms with van der Waals surface area (Å²) in [6, 6.07) is 1.47. The molecule has 2 aromatic heterocycles. The number of amides is 1. The summed E-state index contributed by atoms with van der Waals surface area (Å²) in [5.74, 6) is -0.149. The zero-order valence-electron chi connectivity index (χ0n) is 20.3. The number of hydrogen-bond donors (Lipinski definition) is 0. The number of fused-ring (bicyclic) bond motifs is 3. The van der Waals surface area contributed by atoms with E-state index in [1.54, 1.807) is 25.7 Å². The van der Waals surface area contributed by atoms with Crippen LogP contribution < -0.4 is 4.74 Å². The van der Waals surface area contributed by atoms with Gasteiger partial charge < -0.3 is 14.4 Å². The standard InChI is InChI=1S/C23H28F6N4O3/c1-12(22(24,25)26)35-16-7-8-17(23(27,28)29)33-19(16)30-18(31-33)9-15-13-5-6-14(15)11-32(10-13)20(34)36-21(2,3)4/h7-8,12-15H,5-6,9-11H2,1-4H3/t12?,13-,14+,15?. The molecule has 4 atom stereocenters. The van der Waals surface area contributed by atoms with Crippen LogP contribution in [0.2, 0.25) is 0 Å². The number of hydrogen-bond acceptors (Lipinski definition) is 5. The highest BCUT2D eigenvalue weighted by Crippen LogP contribution is 2.44. The van der Waals surface area contributed by atoms with E-state index in [-0.39, 0.29) is 30.0 Å². The molecular weight excluding hydrogens is 494 g/mol.